The fourth-order valence-corrected chi connectivity index (χ4v) is 3.31. The summed E-state index contributed by atoms with van der Waals surface area (Å²) in [6.07, 6.45) is 3.90. The number of morpholine rings is 1. The molecule has 130 valence electrons. The van der Waals surface area contributed by atoms with Gasteiger partial charge in [0.1, 0.15) is 0 Å². The number of methoxy groups -OCH3 is 1. The molecule has 1 saturated carbocycles. The lowest BCUT2D eigenvalue weighted by molar-refractivity contribution is -0.139. The third-order valence-electron chi connectivity index (χ3n) is 4.65. The Balaban J connectivity index is 1.53. The zero-order valence-corrected chi connectivity index (χ0v) is 13.9. The first-order valence-corrected chi connectivity index (χ1v) is 8.35. The van der Waals surface area contributed by atoms with Crippen molar-refractivity contribution >= 4 is 11.8 Å². The van der Waals surface area contributed by atoms with Crippen molar-refractivity contribution in [2.24, 2.45) is 5.92 Å². The van der Waals surface area contributed by atoms with Gasteiger partial charge in [0, 0.05) is 42.9 Å². The molecule has 0 radical (unpaired) electrons. The highest BCUT2D eigenvalue weighted by Gasteiger charge is 2.33. The van der Waals surface area contributed by atoms with Crippen LogP contribution in [0.4, 0.5) is 0 Å². The van der Waals surface area contributed by atoms with Gasteiger partial charge < -0.3 is 19.7 Å². The first-order valence-electron chi connectivity index (χ1n) is 8.35. The maximum atomic E-state index is 12.5. The van der Waals surface area contributed by atoms with Crippen molar-refractivity contribution in [1.29, 1.82) is 0 Å². The van der Waals surface area contributed by atoms with Gasteiger partial charge in [0.2, 0.25) is 11.8 Å². The van der Waals surface area contributed by atoms with Gasteiger partial charge in [-0.25, -0.2) is 4.98 Å². The number of carbonyl (C=O) groups is 2. The lowest BCUT2D eigenvalue weighted by atomic mass is 10.1. The van der Waals surface area contributed by atoms with E-state index < -0.39 is 0 Å². The number of pyridine rings is 1. The van der Waals surface area contributed by atoms with E-state index in [1.807, 2.05) is 4.90 Å². The van der Waals surface area contributed by atoms with Crippen LogP contribution in [0.25, 0.3) is 0 Å². The molecule has 3 rings (SSSR count). The predicted molar refractivity (Wildman–Crippen MR) is 86.8 cm³/mol. The van der Waals surface area contributed by atoms with E-state index in [-0.39, 0.29) is 23.8 Å². The van der Waals surface area contributed by atoms with E-state index >= 15 is 0 Å². The quantitative estimate of drug-likeness (QED) is 0.883. The second-order valence-corrected chi connectivity index (χ2v) is 6.20. The number of carbonyl (C=O) groups excluding carboxylic acids is 2. The maximum absolute atomic E-state index is 12.5. The second kappa shape index (κ2) is 7.61. The van der Waals surface area contributed by atoms with Gasteiger partial charge in [-0.2, -0.15) is 0 Å². The monoisotopic (exact) mass is 333 g/mol. The molecular formula is C17H23N3O4. The summed E-state index contributed by atoms with van der Waals surface area (Å²) in [4.78, 5) is 30.7. The van der Waals surface area contributed by atoms with Gasteiger partial charge >= 0.3 is 0 Å². The Labute approximate surface area is 141 Å². The maximum Gasteiger partial charge on any atom is 0.251 e. The second-order valence-electron chi connectivity index (χ2n) is 6.20. The minimum Gasteiger partial charge on any atom is -0.481 e. The van der Waals surface area contributed by atoms with Gasteiger partial charge in [-0.05, 0) is 25.3 Å². The first kappa shape index (κ1) is 16.7. The van der Waals surface area contributed by atoms with Gasteiger partial charge in [-0.3, -0.25) is 9.59 Å². The van der Waals surface area contributed by atoms with Crippen LogP contribution in [0.15, 0.2) is 18.3 Å². The average Bonchev–Trinajstić information content (AvgIpc) is 3.10. The Kier molecular flexibility index (Phi) is 5.30. The van der Waals surface area contributed by atoms with Crippen LogP contribution in [0.1, 0.15) is 29.6 Å². The average molecular weight is 333 g/mol. The van der Waals surface area contributed by atoms with Crippen LogP contribution in [0.2, 0.25) is 0 Å². The SMILES string of the molecule is COc1cc(C(=O)N[C@@H]2CC[C@H](C(=O)N3CCOCC3)C2)ccn1. The van der Waals surface area contributed by atoms with Crippen LogP contribution in [0.5, 0.6) is 5.88 Å². The number of ether oxygens (including phenoxy) is 2. The normalized spacial score (nSPS) is 23.8. The molecule has 2 amide bonds. The lowest BCUT2D eigenvalue weighted by Gasteiger charge is -2.29. The fourth-order valence-electron chi connectivity index (χ4n) is 3.31. The molecule has 1 N–H and O–H groups in total. The summed E-state index contributed by atoms with van der Waals surface area (Å²) in [6, 6.07) is 3.30. The molecular weight excluding hydrogens is 310 g/mol. The summed E-state index contributed by atoms with van der Waals surface area (Å²) in [5.74, 6) is 0.454. The van der Waals surface area contributed by atoms with Crippen molar-refractivity contribution in [3.63, 3.8) is 0 Å². The molecule has 0 bridgehead atoms. The summed E-state index contributed by atoms with van der Waals surface area (Å²) in [7, 11) is 1.52. The molecule has 1 saturated heterocycles. The molecule has 2 atom stereocenters. The van der Waals surface area contributed by atoms with E-state index in [9.17, 15) is 9.59 Å². The van der Waals surface area contributed by atoms with Crippen LogP contribution in [0.3, 0.4) is 0 Å². The number of rotatable bonds is 4. The summed E-state index contributed by atoms with van der Waals surface area (Å²) >= 11 is 0. The van der Waals surface area contributed by atoms with Gasteiger partial charge in [-0.1, -0.05) is 0 Å². The standard InChI is InChI=1S/C17H23N3O4/c1-23-15-11-12(4-5-18-15)16(21)19-14-3-2-13(10-14)17(22)20-6-8-24-9-7-20/h4-5,11,13-14H,2-3,6-10H2,1H3,(H,19,21)/t13-,14+/m0/s1. The van der Waals surface area contributed by atoms with E-state index in [0.29, 0.717) is 44.2 Å². The number of amides is 2. The Morgan fingerprint density at radius 2 is 2.12 bits per heavy atom. The number of nitrogens with zero attached hydrogens (tertiary/aromatic N) is 2. The Bertz CT molecular complexity index is 601. The van der Waals surface area contributed by atoms with Crippen molar-refractivity contribution in [3.8, 4) is 5.88 Å². The summed E-state index contributed by atoms with van der Waals surface area (Å²) in [5.41, 5.74) is 0.518. The molecule has 0 unspecified atom stereocenters. The zero-order valence-electron chi connectivity index (χ0n) is 13.9. The highest BCUT2D eigenvalue weighted by molar-refractivity contribution is 5.94. The van der Waals surface area contributed by atoms with Crippen LogP contribution in [-0.2, 0) is 9.53 Å². The van der Waals surface area contributed by atoms with Crippen LogP contribution in [-0.4, -0.2) is 61.2 Å². The molecule has 1 aliphatic carbocycles. The predicted octanol–water partition coefficient (Wildman–Crippen LogP) is 0.847. The zero-order chi connectivity index (χ0) is 16.9. The highest BCUT2D eigenvalue weighted by Crippen LogP contribution is 2.28. The number of hydrogen-bond acceptors (Lipinski definition) is 5. The largest absolute Gasteiger partial charge is 0.481 e. The van der Waals surface area contributed by atoms with E-state index in [1.54, 1.807) is 18.3 Å². The van der Waals surface area contributed by atoms with Crippen molar-refractivity contribution in [3.05, 3.63) is 23.9 Å². The van der Waals surface area contributed by atoms with Crippen molar-refractivity contribution < 1.29 is 19.1 Å². The molecule has 0 aromatic carbocycles. The van der Waals surface area contributed by atoms with Crippen molar-refractivity contribution in [2.75, 3.05) is 33.4 Å². The topological polar surface area (TPSA) is 80.8 Å². The number of hydrogen-bond donors (Lipinski definition) is 1. The summed E-state index contributed by atoms with van der Waals surface area (Å²) < 4.78 is 10.3. The Morgan fingerprint density at radius 1 is 1.33 bits per heavy atom. The molecule has 1 aromatic rings. The lowest BCUT2D eigenvalue weighted by Crippen LogP contribution is -2.43. The van der Waals surface area contributed by atoms with Gasteiger partial charge in [0.15, 0.2) is 0 Å². The molecule has 1 aliphatic heterocycles. The molecule has 24 heavy (non-hydrogen) atoms. The molecule has 2 fully saturated rings. The summed E-state index contributed by atoms with van der Waals surface area (Å²) in [6.45, 7) is 2.57. The minimum absolute atomic E-state index is 0.000348. The van der Waals surface area contributed by atoms with Crippen LogP contribution < -0.4 is 10.1 Å². The van der Waals surface area contributed by atoms with Crippen LogP contribution >= 0.6 is 0 Å². The van der Waals surface area contributed by atoms with E-state index in [4.69, 9.17) is 9.47 Å². The third kappa shape index (κ3) is 3.84. The van der Waals surface area contributed by atoms with Crippen molar-refractivity contribution in [2.45, 2.75) is 25.3 Å². The van der Waals surface area contributed by atoms with Gasteiger partial charge in [-0.15, -0.1) is 0 Å². The fraction of sp³-hybridized carbons (Fsp3) is 0.588. The first-order chi connectivity index (χ1) is 11.7. The Hall–Kier alpha value is -2.15. The molecule has 7 nitrogen and oxygen atoms in total. The van der Waals surface area contributed by atoms with Crippen LogP contribution in [0, 0.1) is 5.92 Å². The Morgan fingerprint density at radius 3 is 2.88 bits per heavy atom. The highest BCUT2D eigenvalue weighted by atomic mass is 16.5. The number of nitrogens with one attached hydrogen (secondary N) is 1. The molecule has 1 aromatic heterocycles. The smallest absolute Gasteiger partial charge is 0.251 e. The molecule has 0 spiro atoms. The van der Waals surface area contributed by atoms with E-state index in [1.165, 1.54) is 7.11 Å². The van der Waals surface area contributed by atoms with E-state index in [0.717, 1.165) is 12.8 Å². The summed E-state index contributed by atoms with van der Waals surface area (Å²) in [5, 5.41) is 3.02. The van der Waals surface area contributed by atoms with Gasteiger partial charge in [0.25, 0.3) is 5.91 Å². The third-order valence-corrected chi connectivity index (χ3v) is 4.65. The molecule has 2 heterocycles. The number of aromatic nitrogens is 1. The van der Waals surface area contributed by atoms with Gasteiger partial charge in [0.05, 0.1) is 20.3 Å². The molecule has 7 heteroatoms. The van der Waals surface area contributed by atoms with Crippen molar-refractivity contribution in [1.82, 2.24) is 15.2 Å². The minimum atomic E-state index is -0.153. The molecule has 2 aliphatic rings. The van der Waals surface area contributed by atoms with E-state index in [2.05, 4.69) is 10.3 Å².